The van der Waals surface area contributed by atoms with Crippen LogP contribution in [0.3, 0.4) is 0 Å². The quantitative estimate of drug-likeness (QED) is 0.916. The summed E-state index contributed by atoms with van der Waals surface area (Å²) in [6.07, 6.45) is 4.89. The number of carboxylic acid groups (broad SMARTS) is 1. The third-order valence-electron chi connectivity index (χ3n) is 4.08. The Hall–Kier alpha value is -1.77. The van der Waals surface area contributed by atoms with Crippen LogP contribution < -0.4 is 0 Å². The zero-order valence-electron chi connectivity index (χ0n) is 11.3. The summed E-state index contributed by atoms with van der Waals surface area (Å²) in [5.74, 6) is -0.724. The summed E-state index contributed by atoms with van der Waals surface area (Å²) in [5, 5.41) is 10.3. The molecule has 3 nitrogen and oxygen atoms in total. The molecule has 1 aliphatic rings. The van der Waals surface area contributed by atoms with E-state index in [0.29, 0.717) is 6.54 Å². The molecule has 0 aliphatic heterocycles. The van der Waals surface area contributed by atoms with Crippen molar-refractivity contribution in [2.45, 2.75) is 45.6 Å². The average molecular weight is 257 g/mol. The summed E-state index contributed by atoms with van der Waals surface area (Å²) in [4.78, 5) is 10.8. The number of aliphatic carboxylic acids is 1. The molecule has 0 unspecified atom stereocenters. The van der Waals surface area contributed by atoms with E-state index in [1.165, 1.54) is 40.6 Å². The number of hydrogen-bond acceptors (Lipinski definition) is 1. The molecule has 19 heavy (non-hydrogen) atoms. The van der Waals surface area contributed by atoms with Gasteiger partial charge in [-0.2, -0.15) is 0 Å². The van der Waals surface area contributed by atoms with Gasteiger partial charge in [0.05, 0.1) is 6.42 Å². The fraction of sp³-hybridized carbons (Fsp3) is 0.438. The molecule has 0 fully saturated rings. The molecule has 0 radical (unpaired) electrons. The number of rotatable bonds is 3. The summed E-state index contributed by atoms with van der Waals surface area (Å²) in [5.41, 5.74) is 5.30. The number of carbonyl (C=O) groups is 1. The lowest BCUT2D eigenvalue weighted by atomic mass is 9.95. The number of benzene rings is 1. The Bertz CT molecular complexity index is 640. The number of aromatic nitrogens is 1. The third kappa shape index (κ3) is 2.14. The molecule has 2 aromatic rings. The molecule has 3 rings (SSSR count). The van der Waals surface area contributed by atoms with Crippen molar-refractivity contribution >= 4 is 16.9 Å². The van der Waals surface area contributed by atoms with Crippen molar-refractivity contribution in [3.63, 3.8) is 0 Å². The molecule has 0 amide bonds. The first-order valence-electron chi connectivity index (χ1n) is 6.99. The molecule has 100 valence electrons. The van der Waals surface area contributed by atoms with Crippen LogP contribution in [0.25, 0.3) is 10.9 Å². The largest absolute Gasteiger partial charge is 0.481 e. The van der Waals surface area contributed by atoms with Gasteiger partial charge in [-0.25, -0.2) is 0 Å². The molecule has 1 aromatic carbocycles. The molecular formula is C16H19NO2. The lowest BCUT2D eigenvalue weighted by Gasteiger charge is -2.15. The van der Waals surface area contributed by atoms with Crippen molar-refractivity contribution in [2.75, 3.05) is 0 Å². The first-order chi connectivity index (χ1) is 9.16. The lowest BCUT2D eigenvalue weighted by molar-refractivity contribution is -0.137. The molecule has 0 atom stereocenters. The zero-order valence-corrected chi connectivity index (χ0v) is 11.3. The van der Waals surface area contributed by atoms with Gasteiger partial charge in [0.2, 0.25) is 0 Å². The standard InChI is InChI=1S/C16H19NO2/c1-11-6-7-15-13(10-11)12-4-2-3-5-14(12)17(15)9-8-16(18)19/h6-7,10H,2-5,8-9H2,1H3,(H,18,19). The molecule has 1 N–H and O–H groups in total. The molecule has 0 saturated carbocycles. The average Bonchev–Trinajstić information content (AvgIpc) is 2.70. The fourth-order valence-corrected chi connectivity index (χ4v) is 3.21. The number of carboxylic acids is 1. The van der Waals surface area contributed by atoms with E-state index in [0.717, 1.165) is 12.8 Å². The second-order valence-corrected chi connectivity index (χ2v) is 5.45. The van der Waals surface area contributed by atoms with Gasteiger partial charge < -0.3 is 9.67 Å². The van der Waals surface area contributed by atoms with Gasteiger partial charge in [-0.05, 0) is 50.3 Å². The molecule has 0 spiro atoms. The topological polar surface area (TPSA) is 42.2 Å². The molecule has 0 bridgehead atoms. The monoisotopic (exact) mass is 257 g/mol. The van der Waals surface area contributed by atoms with E-state index in [4.69, 9.17) is 5.11 Å². The molecule has 1 heterocycles. The summed E-state index contributed by atoms with van der Waals surface area (Å²) in [6, 6.07) is 6.51. The first kappa shape index (κ1) is 12.3. The predicted molar refractivity (Wildman–Crippen MR) is 75.6 cm³/mol. The van der Waals surface area contributed by atoms with Gasteiger partial charge >= 0.3 is 5.97 Å². The van der Waals surface area contributed by atoms with Gasteiger partial charge in [0.1, 0.15) is 0 Å². The van der Waals surface area contributed by atoms with Gasteiger partial charge in [0, 0.05) is 23.1 Å². The zero-order chi connectivity index (χ0) is 13.4. The van der Waals surface area contributed by atoms with Gasteiger partial charge in [0.25, 0.3) is 0 Å². The van der Waals surface area contributed by atoms with E-state index < -0.39 is 5.97 Å². The summed E-state index contributed by atoms with van der Waals surface area (Å²) < 4.78 is 2.23. The Morgan fingerprint density at radius 3 is 2.89 bits per heavy atom. The molecular weight excluding hydrogens is 238 g/mol. The van der Waals surface area contributed by atoms with Crippen molar-refractivity contribution in [2.24, 2.45) is 0 Å². The van der Waals surface area contributed by atoms with Crippen LogP contribution in [-0.4, -0.2) is 15.6 Å². The second kappa shape index (κ2) is 4.72. The van der Waals surface area contributed by atoms with E-state index >= 15 is 0 Å². The maximum atomic E-state index is 10.8. The van der Waals surface area contributed by atoms with E-state index in [1.807, 2.05) is 0 Å². The Balaban J connectivity index is 2.15. The number of nitrogens with zero attached hydrogens (tertiary/aromatic N) is 1. The minimum atomic E-state index is -0.724. The van der Waals surface area contributed by atoms with Crippen molar-refractivity contribution < 1.29 is 9.90 Å². The smallest absolute Gasteiger partial charge is 0.305 e. The van der Waals surface area contributed by atoms with Crippen molar-refractivity contribution in [1.29, 1.82) is 0 Å². The Morgan fingerprint density at radius 1 is 1.32 bits per heavy atom. The van der Waals surface area contributed by atoms with Crippen LogP contribution in [-0.2, 0) is 24.2 Å². The highest BCUT2D eigenvalue weighted by Gasteiger charge is 2.20. The number of hydrogen-bond donors (Lipinski definition) is 1. The molecule has 1 aromatic heterocycles. The highest BCUT2D eigenvalue weighted by Crippen LogP contribution is 2.32. The van der Waals surface area contributed by atoms with Crippen molar-refractivity contribution in [1.82, 2.24) is 4.57 Å². The lowest BCUT2D eigenvalue weighted by Crippen LogP contribution is -2.10. The number of fused-ring (bicyclic) bond motifs is 3. The van der Waals surface area contributed by atoms with Gasteiger partial charge in [-0.15, -0.1) is 0 Å². The fourth-order valence-electron chi connectivity index (χ4n) is 3.21. The van der Waals surface area contributed by atoms with E-state index in [2.05, 4.69) is 29.7 Å². The summed E-state index contributed by atoms with van der Waals surface area (Å²) in [6.45, 7) is 2.70. The van der Waals surface area contributed by atoms with Crippen LogP contribution in [0.5, 0.6) is 0 Å². The second-order valence-electron chi connectivity index (χ2n) is 5.45. The van der Waals surface area contributed by atoms with E-state index in [-0.39, 0.29) is 6.42 Å². The maximum Gasteiger partial charge on any atom is 0.305 e. The summed E-state index contributed by atoms with van der Waals surface area (Å²) in [7, 11) is 0. The highest BCUT2D eigenvalue weighted by atomic mass is 16.4. The van der Waals surface area contributed by atoms with Crippen LogP contribution in [0.15, 0.2) is 18.2 Å². The minimum Gasteiger partial charge on any atom is -0.481 e. The van der Waals surface area contributed by atoms with Crippen LogP contribution >= 0.6 is 0 Å². The van der Waals surface area contributed by atoms with E-state index in [9.17, 15) is 4.79 Å². The number of aryl methyl sites for hydroxylation is 3. The Morgan fingerprint density at radius 2 is 2.11 bits per heavy atom. The van der Waals surface area contributed by atoms with Crippen LogP contribution in [0, 0.1) is 6.92 Å². The van der Waals surface area contributed by atoms with E-state index in [1.54, 1.807) is 0 Å². The summed E-state index contributed by atoms with van der Waals surface area (Å²) >= 11 is 0. The Labute approximate surface area is 112 Å². The third-order valence-corrected chi connectivity index (χ3v) is 4.08. The van der Waals surface area contributed by atoms with Gasteiger partial charge in [0.15, 0.2) is 0 Å². The predicted octanol–water partition coefficient (Wildman–Crippen LogP) is 3.30. The van der Waals surface area contributed by atoms with Gasteiger partial charge in [-0.3, -0.25) is 4.79 Å². The van der Waals surface area contributed by atoms with Crippen molar-refractivity contribution in [3.05, 3.63) is 35.0 Å². The molecule has 0 saturated heterocycles. The first-order valence-corrected chi connectivity index (χ1v) is 6.99. The normalized spacial score (nSPS) is 14.6. The van der Waals surface area contributed by atoms with Crippen LogP contribution in [0.2, 0.25) is 0 Å². The van der Waals surface area contributed by atoms with Gasteiger partial charge in [-0.1, -0.05) is 11.6 Å². The molecule has 3 heteroatoms. The van der Waals surface area contributed by atoms with Crippen LogP contribution in [0.4, 0.5) is 0 Å². The Kier molecular flexibility index (Phi) is 3.05. The SMILES string of the molecule is Cc1ccc2c(c1)c1c(n2CCC(=O)O)CCCC1. The van der Waals surface area contributed by atoms with Crippen LogP contribution in [0.1, 0.15) is 36.1 Å². The molecule has 1 aliphatic carbocycles. The highest BCUT2D eigenvalue weighted by molar-refractivity contribution is 5.86. The van der Waals surface area contributed by atoms with Crippen molar-refractivity contribution in [3.8, 4) is 0 Å². The maximum absolute atomic E-state index is 10.8. The minimum absolute atomic E-state index is 0.199.